The summed E-state index contributed by atoms with van der Waals surface area (Å²) in [5.41, 5.74) is 3.48. The topological polar surface area (TPSA) is 0 Å². The number of rotatable bonds is 1. The Morgan fingerprint density at radius 1 is 0.850 bits per heavy atom. The highest BCUT2D eigenvalue weighted by molar-refractivity contribution is 5.74. The first-order chi connectivity index (χ1) is 12.0. The molecule has 0 fully saturated rings. The molecule has 0 aromatic heterocycles. The fraction of sp³-hybridized carbons (Fsp3) is 0.100. The molecule has 1 aliphatic carbocycles. The van der Waals surface area contributed by atoms with Crippen LogP contribution in [0.5, 0.6) is 0 Å². The van der Waals surface area contributed by atoms with Gasteiger partial charge in [-0.3, -0.25) is 0 Å². The first kappa shape index (κ1) is 7.44. The van der Waals surface area contributed by atoms with Crippen molar-refractivity contribution >= 4 is 0 Å². The van der Waals surface area contributed by atoms with Crippen molar-refractivity contribution in [2.45, 2.75) is 12.3 Å². The summed E-state index contributed by atoms with van der Waals surface area (Å²) >= 11 is 0. The molecule has 0 bridgehead atoms. The molecule has 0 heteroatoms. The molecule has 0 nitrogen and oxygen atoms in total. The smallest absolute Gasteiger partial charge is 0.0622 e. The Labute approximate surface area is 126 Å². The van der Waals surface area contributed by atoms with Gasteiger partial charge in [-0.05, 0) is 34.2 Å². The van der Waals surface area contributed by atoms with Crippen LogP contribution in [-0.2, 0) is 6.40 Å². The van der Waals surface area contributed by atoms with E-state index in [9.17, 15) is 0 Å². The fourth-order valence-electron chi connectivity index (χ4n) is 2.82. The van der Waals surface area contributed by atoms with E-state index in [2.05, 4.69) is 0 Å². The maximum Gasteiger partial charge on any atom is 0.0629 e. The maximum absolute atomic E-state index is 8.82. The average Bonchev–Trinajstić information content (AvgIpc) is 2.65. The highest BCUT2D eigenvalue weighted by Crippen LogP contribution is 2.42. The molecule has 20 heavy (non-hydrogen) atoms. The number of fused-ring (bicyclic) bond motifs is 3. The van der Waals surface area contributed by atoms with E-state index in [1.54, 1.807) is 0 Å². The summed E-state index contributed by atoms with van der Waals surface area (Å²) in [5.74, 6) is -0.424. The van der Waals surface area contributed by atoms with Gasteiger partial charge in [0, 0.05) is 7.29 Å². The van der Waals surface area contributed by atoms with Crippen LogP contribution in [-0.4, -0.2) is 0 Å². The molecule has 0 saturated heterocycles. The quantitative estimate of drug-likeness (QED) is 0.575. The van der Waals surface area contributed by atoms with Crippen LogP contribution in [0.2, 0.25) is 0 Å². The Morgan fingerprint density at radius 3 is 2.50 bits per heavy atom. The first-order valence-corrected chi connectivity index (χ1v) is 6.69. The van der Waals surface area contributed by atoms with E-state index in [0.717, 1.165) is 16.7 Å². The Kier molecular flexibility index (Phi) is 1.73. The van der Waals surface area contributed by atoms with Gasteiger partial charge in [0.2, 0.25) is 0 Å². The minimum Gasteiger partial charge on any atom is -0.0622 e. The van der Waals surface area contributed by atoms with Gasteiger partial charge in [-0.15, -0.1) is 0 Å². The minimum atomic E-state index is -0.620. The molecule has 0 N–H and O–H groups in total. The van der Waals surface area contributed by atoms with Crippen LogP contribution in [0.4, 0.5) is 0 Å². The third-order valence-electron chi connectivity index (χ3n) is 3.76. The van der Waals surface area contributed by atoms with Crippen molar-refractivity contribution in [1.29, 1.82) is 0 Å². The van der Waals surface area contributed by atoms with Gasteiger partial charge in [-0.2, -0.15) is 0 Å². The Hall–Kier alpha value is -2.34. The maximum atomic E-state index is 8.82. The van der Waals surface area contributed by atoms with Crippen LogP contribution in [0, 0.1) is 0 Å². The van der Waals surface area contributed by atoms with E-state index in [4.69, 9.17) is 6.85 Å². The standard InChI is InChI=1S/C20H16/c1-2-8-15(9-3-1)20-14-16-10-4-5-11-17(16)18-12-6-7-13-19(18)20/h1-13,20H,14H2/i6D,7D,12D,13D,14D. The van der Waals surface area contributed by atoms with Gasteiger partial charge in [0.15, 0.2) is 0 Å². The van der Waals surface area contributed by atoms with E-state index >= 15 is 0 Å². The molecule has 0 amide bonds. The summed E-state index contributed by atoms with van der Waals surface area (Å²) < 4.78 is 41.8. The van der Waals surface area contributed by atoms with Crippen molar-refractivity contribution in [3.63, 3.8) is 0 Å². The average molecular weight is 261 g/mol. The molecule has 0 aliphatic heterocycles. The lowest BCUT2D eigenvalue weighted by molar-refractivity contribution is 0.794. The molecule has 3 aromatic carbocycles. The number of hydrogen-bond donors (Lipinski definition) is 0. The lowest BCUT2D eigenvalue weighted by Crippen LogP contribution is -2.12. The van der Waals surface area contributed by atoms with Gasteiger partial charge in [0.25, 0.3) is 0 Å². The predicted molar refractivity (Wildman–Crippen MR) is 83.9 cm³/mol. The van der Waals surface area contributed by atoms with Crippen LogP contribution in [0.3, 0.4) is 0 Å². The third-order valence-corrected chi connectivity index (χ3v) is 3.76. The third kappa shape index (κ3) is 1.77. The molecule has 2 unspecified atom stereocenters. The van der Waals surface area contributed by atoms with E-state index in [1.165, 1.54) is 0 Å². The summed E-state index contributed by atoms with van der Waals surface area (Å²) in [6.07, 6.45) is -0.620. The molecule has 0 spiro atoms. The molecule has 3 aromatic rings. The summed E-state index contributed by atoms with van der Waals surface area (Å²) in [6.45, 7) is 0. The Balaban J connectivity index is 2.13. The lowest BCUT2D eigenvalue weighted by Gasteiger charge is -2.28. The molecule has 0 radical (unpaired) electrons. The van der Waals surface area contributed by atoms with Crippen LogP contribution in [0.15, 0.2) is 78.8 Å². The van der Waals surface area contributed by atoms with Gasteiger partial charge in [-0.1, -0.05) is 78.8 Å². The van der Waals surface area contributed by atoms with Crippen LogP contribution < -0.4 is 0 Å². The highest BCUT2D eigenvalue weighted by atomic mass is 14.3. The molecule has 2 atom stereocenters. The Bertz CT molecular complexity index is 966. The number of benzene rings is 3. The largest absolute Gasteiger partial charge is 0.0629 e. The van der Waals surface area contributed by atoms with E-state index < -0.39 is 12.3 Å². The van der Waals surface area contributed by atoms with Gasteiger partial charge in [0.1, 0.15) is 0 Å². The van der Waals surface area contributed by atoms with Crippen molar-refractivity contribution in [2.24, 2.45) is 0 Å². The summed E-state index contributed by atoms with van der Waals surface area (Å²) in [5, 5.41) is 0. The lowest BCUT2D eigenvalue weighted by atomic mass is 9.76. The van der Waals surface area contributed by atoms with Crippen molar-refractivity contribution < 1.29 is 6.85 Å². The van der Waals surface area contributed by atoms with Crippen molar-refractivity contribution in [2.75, 3.05) is 0 Å². The van der Waals surface area contributed by atoms with E-state index in [-0.39, 0.29) is 24.2 Å². The fourth-order valence-corrected chi connectivity index (χ4v) is 2.82. The SMILES string of the molecule is [2H]c1c([2H])c([2H])c2c(c1[2H])-c1ccccc1C([2H])C2c1ccccc1. The number of hydrogen-bond acceptors (Lipinski definition) is 0. The second-order valence-electron chi connectivity index (χ2n) is 4.93. The van der Waals surface area contributed by atoms with Crippen molar-refractivity contribution in [3.05, 3.63) is 95.5 Å². The predicted octanol–water partition coefficient (Wildman–Crippen LogP) is 5.04. The summed E-state index contributed by atoms with van der Waals surface area (Å²) in [7, 11) is 0. The van der Waals surface area contributed by atoms with Crippen LogP contribution >= 0.6 is 0 Å². The Morgan fingerprint density at radius 2 is 1.60 bits per heavy atom. The van der Waals surface area contributed by atoms with Crippen LogP contribution in [0.1, 0.15) is 29.5 Å². The zero-order valence-corrected chi connectivity index (χ0v) is 10.9. The second-order valence-corrected chi connectivity index (χ2v) is 4.93. The van der Waals surface area contributed by atoms with Gasteiger partial charge in [0.05, 0.1) is 5.48 Å². The van der Waals surface area contributed by atoms with Crippen molar-refractivity contribution in [1.82, 2.24) is 0 Å². The molecule has 0 heterocycles. The van der Waals surface area contributed by atoms with Gasteiger partial charge < -0.3 is 0 Å². The van der Waals surface area contributed by atoms with Gasteiger partial charge in [-0.25, -0.2) is 0 Å². The molecule has 1 aliphatic rings. The molecule has 0 saturated carbocycles. The zero-order chi connectivity index (χ0) is 17.7. The zero-order valence-electron chi connectivity index (χ0n) is 15.9. The van der Waals surface area contributed by atoms with E-state index in [1.807, 2.05) is 54.6 Å². The molecule has 4 rings (SSSR count). The molecular weight excluding hydrogens is 240 g/mol. The summed E-state index contributed by atoms with van der Waals surface area (Å²) in [4.78, 5) is 0. The van der Waals surface area contributed by atoms with E-state index in [0.29, 0.717) is 11.1 Å². The van der Waals surface area contributed by atoms with Crippen LogP contribution in [0.25, 0.3) is 11.1 Å². The van der Waals surface area contributed by atoms with Crippen molar-refractivity contribution in [3.8, 4) is 11.1 Å². The monoisotopic (exact) mass is 261 g/mol. The minimum absolute atomic E-state index is 0.0312. The molecule has 96 valence electrons. The highest BCUT2D eigenvalue weighted by Gasteiger charge is 2.24. The normalized spacial score (nSPS) is 23.5. The van der Waals surface area contributed by atoms with Gasteiger partial charge >= 0.3 is 0 Å². The second kappa shape index (κ2) is 4.64. The first-order valence-electron chi connectivity index (χ1n) is 9.26. The summed E-state index contributed by atoms with van der Waals surface area (Å²) in [6, 6.07) is 16.4. The molecular formula is C20H16.